The van der Waals surface area contributed by atoms with E-state index in [9.17, 15) is 4.79 Å². The molecule has 0 fully saturated rings. The molecule has 0 aliphatic heterocycles. The van der Waals surface area contributed by atoms with Gasteiger partial charge in [-0.3, -0.25) is 5.10 Å². The normalized spacial score (nSPS) is 10.3. The molecule has 0 saturated heterocycles. The van der Waals surface area contributed by atoms with Gasteiger partial charge in [0.25, 0.3) is 0 Å². The topological polar surface area (TPSA) is 99.5 Å². The Labute approximate surface area is 92.9 Å². The number of nitrogen functional groups attached to an aromatic ring is 1. The number of carbonyl (C=O) groups is 1. The third-order valence-electron chi connectivity index (χ3n) is 1.71. The lowest BCUT2D eigenvalue weighted by Gasteiger charge is -2.04. The number of nitrogens with zero attached hydrogens (tertiary/aromatic N) is 1. The van der Waals surface area contributed by atoms with Crippen LogP contribution in [0.1, 0.15) is 10.5 Å². The van der Waals surface area contributed by atoms with Gasteiger partial charge in [0.2, 0.25) is 0 Å². The fraction of sp³-hybridized carbons (Fsp3) is 0.556. The number of ether oxygens (including phenoxy) is 3. The van der Waals surface area contributed by atoms with Crippen molar-refractivity contribution in [2.45, 2.75) is 0 Å². The lowest BCUT2D eigenvalue weighted by molar-refractivity contribution is 0.0209. The quantitative estimate of drug-likeness (QED) is 0.496. The highest BCUT2D eigenvalue weighted by atomic mass is 16.6. The summed E-state index contributed by atoms with van der Waals surface area (Å²) in [6, 6.07) is 1.41. The molecule has 0 radical (unpaired) electrons. The Bertz CT molecular complexity index is 326. The van der Waals surface area contributed by atoms with Crippen molar-refractivity contribution in [3.63, 3.8) is 0 Å². The van der Waals surface area contributed by atoms with Crippen LogP contribution in [0.4, 0.5) is 5.82 Å². The van der Waals surface area contributed by atoms with Crippen LogP contribution in [0.25, 0.3) is 0 Å². The molecule has 0 spiro atoms. The molecule has 0 aromatic carbocycles. The molecule has 0 amide bonds. The molecule has 0 bridgehead atoms. The predicted octanol–water partition coefficient (Wildman–Crippen LogP) is -0.188. The van der Waals surface area contributed by atoms with Crippen LogP contribution in [0.3, 0.4) is 0 Å². The highest BCUT2D eigenvalue weighted by Gasteiger charge is 2.09. The minimum Gasteiger partial charge on any atom is -0.459 e. The number of anilines is 1. The fourth-order valence-corrected chi connectivity index (χ4v) is 0.957. The van der Waals surface area contributed by atoms with E-state index in [1.807, 2.05) is 0 Å². The van der Waals surface area contributed by atoms with E-state index in [-0.39, 0.29) is 18.1 Å². The first-order chi connectivity index (χ1) is 7.74. The smallest absolute Gasteiger partial charge is 0.356 e. The lowest BCUT2D eigenvalue weighted by Crippen LogP contribution is -2.12. The van der Waals surface area contributed by atoms with Gasteiger partial charge in [-0.05, 0) is 0 Å². The third-order valence-corrected chi connectivity index (χ3v) is 1.71. The Morgan fingerprint density at radius 2 is 2.19 bits per heavy atom. The van der Waals surface area contributed by atoms with Crippen LogP contribution in [0.2, 0.25) is 0 Å². The molecule has 1 aromatic rings. The summed E-state index contributed by atoms with van der Waals surface area (Å²) in [7, 11) is 1.59. The number of aromatic nitrogens is 2. The standard InChI is InChI=1S/C9H15N3O4/c1-14-2-3-15-4-5-16-9(13)7-6-8(10)12-11-7/h6H,2-5H2,1H3,(H3,10,11,12). The van der Waals surface area contributed by atoms with Gasteiger partial charge in [-0.15, -0.1) is 0 Å². The molecule has 0 saturated carbocycles. The number of aromatic amines is 1. The Balaban J connectivity index is 2.11. The van der Waals surface area contributed by atoms with E-state index in [0.29, 0.717) is 19.8 Å². The van der Waals surface area contributed by atoms with Gasteiger partial charge in [0.15, 0.2) is 0 Å². The molecular weight excluding hydrogens is 214 g/mol. The zero-order chi connectivity index (χ0) is 11.8. The van der Waals surface area contributed by atoms with Crippen LogP contribution in [0.15, 0.2) is 6.07 Å². The van der Waals surface area contributed by atoms with E-state index < -0.39 is 5.97 Å². The van der Waals surface area contributed by atoms with Crippen LogP contribution in [-0.2, 0) is 14.2 Å². The van der Waals surface area contributed by atoms with Crippen LogP contribution >= 0.6 is 0 Å². The first kappa shape index (κ1) is 12.5. The number of nitrogens with one attached hydrogen (secondary N) is 1. The number of esters is 1. The first-order valence-electron chi connectivity index (χ1n) is 4.78. The summed E-state index contributed by atoms with van der Waals surface area (Å²) >= 11 is 0. The number of methoxy groups -OCH3 is 1. The van der Waals surface area contributed by atoms with E-state index in [1.54, 1.807) is 7.11 Å². The predicted molar refractivity (Wildman–Crippen MR) is 56.0 cm³/mol. The number of rotatable bonds is 7. The van der Waals surface area contributed by atoms with E-state index >= 15 is 0 Å². The van der Waals surface area contributed by atoms with Crippen molar-refractivity contribution in [1.29, 1.82) is 0 Å². The molecular formula is C9H15N3O4. The average Bonchev–Trinajstić information content (AvgIpc) is 2.70. The molecule has 7 heteroatoms. The molecule has 0 unspecified atom stereocenters. The zero-order valence-electron chi connectivity index (χ0n) is 9.06. The average molecular weight is 229 g/mol. The Kier molecular flexibility index (Phi) is 5.30. The van der Waals surface area contributed by atoms with Gasteiger partial charge in [0.05, 0.1) is 19.8 Å². The van der Waals surface area contributed by atoms with Gasteiger partial charge in [-0.1, -0.05) is 0 Å². The minimum absolute atomic E-state index is 0.182. The van der Waals surface area contributed by atoms with Gasteiger partial charge in [0, 0.05) is 13.2 Å². The Morgan fingerprint density at radius 1 is 1.44 bits per heavy atom. The highest BCUT2D eigenvalue weighted by molar-refractivity contribution is 5.87. The summed E-state index contributed by atoms with van der Waals surface area (Å²) in [5.41, 5.74) is 5.57. The van der Waals surface area contributed by atoms with Crippen molar-refractivity contribution in [2.24, 2.45) is 0 Å². The van der Waals surface area contributed by atoms with Crippen LogP contribution in [0, 0.1) is 0 Å². The molecule has 1 heterocycles. The number of hydrogen-bond acceptors (Lipinski definition) is 6. The van der Waals surface area contributed by atoms with E-state index in [2.05, 4.69) is 10.2 Å². The summed E-state index contributed by atoms with van der Waals surface area (Å²) < 4.78 is 14.8. The van der Waals surface area contributed by atoms with E-state index in [0.717, 1.165) is 0 Å². The van der Waals surface area contributed by atoms with Crippen LogP contribution in [-0.4, -0.2) is 49.7 Å². The molecule has 1 aromatic heterocycles. The second kappa shape index (κ2) is 6.81. The molecule has 0 atom stereocenters. The number of nitrogens with two attached hydrogens (primary N) is 1. The maximum atomic E-state index is 11.3. The Hall–Kier alpha value is -1.60. The van der Waals surface area contributed by atoms with E-state index in [1.165, 1.54) is 6.07 Å². The second-order valence-electron chi connectivity index (χ2n) is 2.95. The van der Waals surface area contributed by atoms with Crippen molar-refractivity contribution >= 4 is 11.8 Å². The van der Waals surface area contributed by atoms with Gasteiger partial charge in [-0.2, -0.15) is 5.10 Å². The van der Waals surface area contributed by atoms with Gasteiger partial charge in [0.1, 0.15) is 18.1 Å². The largest absolute Gasteiger partial charge is 0.459 e. The van der Waals surface area contributed by atoms with Gasteiger partial charge in [-0.25, -0.2) is 4.79 Å². The number of carbonyl (C=O) groups excluding carboxylic acids is 1. The highest BCUT2D eigenvalue weighted by Crippen LogP contribution is 2.01. The molecule has 16 heavy (non-hydrogen) atoms. The Morgan fingerprint density at radius 3 is 2.81 bits per heavy atom. The molecule has 1 rings (SSSR count). The molecule has 0 aliphatic rings. The zero-order valence-corrected chi connectivity index (χ0v) is 9.06. The summed E-state index contributed by atoms with van der Waals surface area (Å²) in [4.78, 5) is 11.3. The van der Waals surface area contributed by atoms with Crippen LogP contribution in [0.5, 0.6) is 0 Å². The molecule has 0 aliphatic carbocycles. The molecule has 90 valence electrons. The van der Waals surface area contributed by atoms with Crippen molar-refractivity contribution in [3.8, 4) is 0 Å². The minimum atomic E-state index is -0.500. The number of hydrogen-bond donors (Lipinski definition) is 2. The SMILES string of the molecule is COCCOCCOC(=O)c1cc(N)n[nH]1. The van der Waals surface area contributed by atoms with Crippen molar-refractivity contribution < 1.29 is 19.0 Å². The van der Waals surface area contributed by atoms with Crippen molar-refractivity contribution in [2.75, 3.05) is 39.3 Å². The summed E-state index contributed by atoms with van der Waals surface area (Å²) in [6.45, 7) is 1.51. The van der Waals surface area contributed by atoms with Crippen molar-refractivity contribution in [3.05, 3.63) is 11.8 Å². The number of H-pyrrole nitrogens is 1. The summed E-state index contributed by atoms with van der Waals surface area (Å²) in [5.74, 6) is -0.247. The second-order valence-corrected chi connectivity index (χ2v) is 2.95. The first-order valence-corrected chi connectivity index (χ1v) is 4.78. The lowest BCUT2D eigenvalue weighted by atomic mass is 10.4. The van der Waals surface area contributed by atoms with E-state index in [4.69, 9.17) is 19.9 Å². The summed E-state index contributed by atoms with van der Waals surface area (Å²) in [5, 5.41) is 6.07. The third kappa shape index (κ3) is 4.28. The monoisotopic (exact) mass is 229 g/mol. The van der Waals surface area contributed by atoms with Gasteiger partial charge >= 0.3 is 5.97 Å². The maximum absolute atomic E-state index is 11.3. The molecule has 7 nitrogen and oxygen atoms in total. The van der Waals surface area contributed by atoms with Crippen LogP contribution < -0.4 is 5.73 Å². The molecule has 3 N–H and O–H groups in total. The maximum Gasteiger partial charge on any atom is 0.356 e. The van der Waals surface area contributed by atoms with Gasteiger partial charge < -0.3 is 19.9 Å². The summed E-state index contributed by atoms with van der Waals surface area (Å²) in [6.07, 6.45) is 0. The van der Waals surface area contributed by atoms with Crippen molar-refractivity contribution in [1.82, 2.24) is 10.2 Å². The fourth-order valence-electron chi connectivity index (χ4n) is 0.957.